The maximum absolute atomic E-state index is 12.3. The first-order chi connectivity index (χ1) is 9.63. The van der Waals surface area contributed by atoms with Gasteiger partial charge in [-0.2, -0.15) is 0 Å². The molecule has 1 aliphatic heterocycles. The summed E-state index contributed by atoms with van der Waals surface area (Å²) in [4.78, 5) is 26.1. The third-order valence-electron chi connectivity index (χ3n) is 2.88. The number of aromatic nitrogens is 2. The van der Waals surface area contributed by atoms with E-state index in [9.17, 15) is 9.59 Å². The molecule has 2 rings (SSSR count). The Balaban J connectivity index is 2.05. The number of anilines is 1. The molecule has 0 bridgehead atoms. The zero-order valence-electron chi connectivity index (χ0n) is 11.3. The van der Waals surface area contributed by atoms with Crippen molar-refractivity contribution < 1.29 is 9.59 Å². The normalized spacial score (nSPS) is 19.2. The van der Waals surface area contributed by atoms with Gasteiger partial charge in [-0.15, -0.1) is 22.0 Å². The summed E-state index contributed by atoms with van der Waals surface area (Å²) in [6.07, 6.45) is 2.69. The smallest absolute Gasteiger partial charge is 0.250 e. The fourth-order valence-electron chi connectivity index (χ4n) is 1.90. The molecule has 1 fully saturated rings. The predicted molar refractivity (Wildman–Crippen MR) is 80.5 cm³/mol. The molecule has 20 heavy (non-hydrogen) atoms. The topological polar surface area (TPSA) is 75.2 Å². The van der Waals surface area contributed by atoms with Gasteiger partial charge in [0.05, 0.1) is 5.88 Å². The van der Waals surface area contributed by atoms with Crippen LogP contribution in [-0.4, -0.2) is 44.6 Å². The Hall–Kier alpha value is -1.41. The van der Waals surface area contributed by atoms with Crippen molar-refractivity contribution in [3.8, 4) is 0 Å². The summed E-state index contributed by atoms with van der Waals surface area (Å²) in [5.74, 6) is 0.871. The van der Waals surface area contributed by atoms with Gasteiger partial charge in [-0.3, -0.25) is 14.9 Å². The van der Waals surface area contributed by atoms with E-state index >= 15 is 0 Å². The highest BCUT2D eigenvalue weighted by atomic mass is 32.2. The van der Waals surface area contributed by atoms with Gasteiger partial charge in [0.25, 0.3) is 5.91 Å². The van der Waals surface area contributed by atoms with Gasteiger partial charge in [0.15, 0.2) is 0 Å². The molecule has 108 valence electrons. The van der Waals surface area contributed by atoms with Crippen LogP contribution in [0.15, 0.2) is 17.2 Å². The number of hydrogen-bond acceptors (Lipinski definition) is 6. The van der Waals surface area contributed by atoms with E-state index in [-0.39, 0.29) is 11.8 Å². The first-order valence-electron chi connectivity index (χ1n) is 6.26. The van der Waals surface area contributed by atoms with E-state index in [1.807, 2.05) is 13.0 Å². The molecule has 1 aromatic rings. The lowest BCUT2D eigenvalue weighted by Crippen LogP contribution is -2.44. The second-order valence-corrected chi connectivity index (χ2v) is 6.15. The highest BCUT2D eigenvalue weighted by molar-refractivity contribution is 7.99. The Morgan fingerprint density at radius 1 is 1.60 bits per heavy atom. The number of nitrogens with zero attached hydrogens (tertiary/aromatic N) is 3. The van der Waals surface area contributed by atoms with Crippen molar-refractivity contribution in [1.29, 1.82) is 0 Å². The quantitative estimate of drug-likeness (QED) is 0.857. The van der Waals surface area contributed by atoms with Crippen LogP contribution in [0, 0.1) is 0 Å². The summed E-state index contributed by atoms with van der Waals surface area (Å²) in [5, 5.41) is 10.6. The monoisotopic (exact) mass is 312 g/mol. The van der Waals surface area contributed by atoms with Gasteiger partial charge >= 0.3 is 0 Å². The molecule has 1 unspecified atom stereocenters. The van der Waals surface area contributed by atoms with Crippen molar-refractivity contribution in [2.45, 2.75) is 26.3 Å². The maximum Gasteiger partial charge on any atom is 0.250 e. The first-order valence-corrected chi connectivity index (χ1v) is 8.29. The van der Waals surface area contributed by atoms with Crippen molar-refractivity contribution in [3.63, 3.8) is 0 Å². The molecule has 1 atom stereocenters. The van der Waals surface area contributed by atoms with E-state index in [1.165, 1.54) is 11.3 Å². The van der Waals surface area contributed by atoms with E-state index in [1.54, 1.807) is 29.1 Å². The van der Waals surface area contributed by atoms with Crippen LogP contribution in [0.4, 0.5) is 5.13 Å². The minimum absolute atomic E-state index is 0.0748. The Morgan fingerprint density at radius 2 is 2.40 bits per heavy atom. The molecule has 1 aliphatic rings. The number of allylic oxidation sites excluding steroid dienone is 1. The number of thioether (sulfide) groups is 1. The van der Waals surface area contributed by atoms with Crippen molar-refractivity contribution in [2.24, 2.45) is 0 Å². The van der Waals surface area contributed by atoms with Gasteiger partial charge < -0.3 is 4.90 Å². The van der Waals surface area contributed by atoms with Gasteiger partial charge in [-0.25, -0.2) is 0 Å². The van der Waals surface area contributed by atoms with Gasteiger partial charge in [0, 0.05) is 11.3 Å². The number of hydrogen-bond donors (Lipinski definition) is 1. The highest BCUT2D eigenvalue weighted by Crippen LogP contribution is 2.24. The van der Waals surface area contributed by atoms with E-state index < -0.39 is 6.04 Å². The van der Waals surface area contributed by atoms with Crippen LogP contribution in [0.5, 0.6) is 0 Å². The maximum atomic E-state index is 12.3. The fourth-order valence-corrected chi connectivity index (χ4v) is 3.50. The van der Waals surface area contributed by atoms with Crippen LogP contribution in [0.2, 0.25) is 0 Å². The number of nitrogens with one attached hydrogen (secondary N) is 1. The summed E-state index contributed by atoms with van der Waals surface area (Å²) >= 11 is 2.84. The summed E-state index contributed by atoms with van der Waals surface area (Å²) in [6.45, 7) is 3.77. The molecule has 6 nitrogen and oxygen atoms in total. The molecule has 2 amide bonds. The van der Waals surface area contributed by atoms with E-state index in [0.717, 1.165) is 6.42 Å². The number of carbonyl (C=O) groups is 2. The molecule has 1 aromatic heterocycles. The lowest BCUT2D eigenvalue weighted by molar-refractivity contribution is -0.133. The van der Waals surface area contributed by atoms with Crippen LogP contribution in [0.3, 0.4) is 0 Å². The first kappa shape index (κ1) is 15.0. The third-order valence-corrected chi connectivity index (χ3v) is 4.50. The minimum atomic E-state index is -0.448. The van der Waals surface area contributed by atoms with E-state index in [2.05, 4.69) is 15.5 Å². The molecule has 0 saturated carbocycles. The van der Waals surface area contributed by atoms with E-state index in [4.69, 9.17) is 0 Å². The predicted octanol–water partition coefficient (Wildman–Crippen LogP) is 1.73. The van der Waals surface area contributed by atoms with Crippen LogP contribution in [0.25, 0.3) is 0 Å². The summed E-state index contributed by atoms with van der Waals surface area (Å²) < 4.78 is 0. The Kier molecular flexibility index (Phi) is 5.13. The Morgan fingerprint density at radius 3 is 3.05 bits per heavy atom. The summed E-state index contributed by atoms with van der Waals surface area (Å²) in [7, 11) is 0. The average Bonchev–Trinajstić information content (AvgIpc) is 3.08. The number of carbonyl (C=O) groups excluding carboxylic acids is 2. The molecule has 0 aromatic carbocycles. The molecular weight excluding hydrogens is 296 g/mol. The summed E-state index contributed by atoms with van der Waals surface area (Å²) in [5.41, 5.74) is 2.24. The molecule has 2 heterocycles. The zero-order valence-corrected chi connectivity index (χ0v) is 13.0. The highest BCUT2D eigenvalue weighted by Gasteiger charge is 2.35. The van der Waals surface area contributed by atoms with Crippen molar-refractivity contribution >= 4 is 40.0 Å². The van der Waals surface area contributed by atoms with Crippen LogP contribution in [-0.2, 0) is 9.59 Å². The second kappa shape index (κ2) is 6.85. The molecule has 1 saturated heterocycles. The molecule has 1 N–H and O–H groups in total. The summed E-state index contributed by atoms with van der Waals surface area (Å²) in [6, 6.07) is -0.448. The Bertz CT molecular complexity index is 516. The SMILES string of the molecule is CCC=C(C)C(=O)N1CSCC1C(=O)Nc1nncs1. The van der Waals surface area contributed by atoms with Gasteiger partial charge in [-0.1, -0.05) is 24.3 Å². The largest absolute Gasteiger partial charge is 0.317 e. The molecule has 0 spiro atoms. The van der Waals surface area contributed by atoms with Crippen LogP contribution >= 0.6 is 23.1 Å². The molecule has 8 heteroatoms. The molecule has 0 aliphatic carbocycles. The fraction of sp³-hybridized carbons (Fsp3) is 0.500. The van der Waals surface area contributed by atoms with Gasteiger partial charge in [0.1, 0.15) is 11.6 Å². The van der Waals surface area contributed by atoms with E-state index in [0.29, 0.717) is 22.3 Å². The average molecular weight is 312 g/mol. The molecular formula is C12H16N4O2S2. The van der Waals surface area contributed by atoms with Gasteiger partial charge in [0.2, 0.25) is 11.0 Å². The van der Waals surface area contributed by atoms with Crippen LogP contribution < -0.4 is 5.32 Å². The minimum Gasteiger partial charge on any atom is -0.317 e. The van der Waals surface area contributed by atoms with Crippen molar-refractivity contribution in [3.05, 3.63) is 17.2 Å². The lowest BCUT2D eigenvalue weighted by Gasteiger charge is -2.22. The van der Waals surface area contributed by atoms with Crippen molar-refractivity contribution in [1.82, 2.24) is 15.1 Å². The Labute approximate surface area is 125 Å². The lowest BCUT2D eigenvalue weighted by atomic mass is 10.2. The molecule has 0 radical (unpaired) electrons. The standard InChI is InChI=1S/C12H16N4O2S2/c1-3-4-8(2)11(18)16-7-19-5-9(16)10(17)14-12-15-13-6-20-12/h4,6,9H,3,5,7H2,1-2H3,(H,14,15,17). The van der Waals surface area contributed by atoms with Gasteiger partial charge in [-0.05, 0) is 13.3 Å². The number of amides is 2. The van der Waals surface area contributed by atoms with Crippen molar-refractivity contribution in [2.75, 3.05) is 16.9 Å². The van der Waals surface area contributed by atoms with Crippen LogP contribution in [0.1, 0.15) is 20.3 Å². The third kappa shape index (κ3) is 3.37. The second-order valence-electron chi connectivity index (χ2n) is 4.32. The number of rotatable bonds is 4. The zero-order chi connectivity index (χ0) is 14.5.